The van der Waals surface area contributed by atoms with Gasteiger partial charge in [-0.25, -0.2) is 15.0 Å². The van der Waals surface area contributed by atoms with Crippen LogP contribution in [0.3, 0.4) is 0 Å². The summed E-state index contributed by atoms with van der Waals surface area (Å²) in [5.74, 6) is 1.36. The molecule has 0 saturated carbocycles. The Morgan fingerprint density at radius 2 is 1.85 bits per heavy atom. The van der Waals surface area contributed by atoms with Crippen LogP contribution in [0.4, 0.5) is 5.82 Å². The van der Waals surface area contributed by atoms with Crippen LogP contribution in [0.25, 0.3) is 11.2 Å². The fraction of sp³-hybridized carbons (Fsp3) is 0.552. The summed E-state index contributed by atoms with van der Waals surface area (Å²) in [7, 11) is -3.67. The van der Waals surface area contributed by atoms with E-state index in [1.807, 2.05) is 12.1 Å². The number of fused-ring (bicyclic) bond motifs is 2. The molecule has 5 rings (SSSR count). The van der Waals surface area contributed by atoms with E-state index in [0.717, 1.165) is 46.6 Å². The number of hydrogen-bond acceptors (Lipinski definition) is 14. The molecular weight excluding hydrogens is 732 g/mol. The minimum atomic E-state index is -3.67. The number of aryl methyl sites for hydroxylation is 1. The van der Waals surface area contributed by atoms with Crippen molar-refractivity contribution in [2.24, 2.45) is 17.4 Å². The van der Waals surface area contributed by atoms with Gasteiger partial charge in [0.2, 0.25) is 6.79 Å². The lowest BCUT2D eigenvalue weighted by molar-refractivity contribution is -0.160. The minimum Gasteiger partial charge on any atom is -0.454 e. The van der Waals surface area contributed by atoms with E-state index in [0.29, 0.717) is 73.3 Å². The van der Waals surface area contributed by atoms with Gasteiger partial charge in [0.1, 0.15) is 12.4 Å². The number of carbonyl (C=O) groups is 2. The summed E-state index contributed by atoms with van der Waals surface area (Å²) in [6, 6.07) is 3.07. The van der Waals surface area contributed by atoms with Crippen molar-refractivity contribution in [2.45, 2.75) is 74.2 Å². The van der Waals surface area contributed by atoms with Gasteiger partial charge in [-0.1, -0.05) is 18.2 Å². The molecule has 4 heterocycles. The number of nitrogens with zero attached hydrogens (tertiary/aromatic N) is 5. The summed E-state index contributed by atoms with van der Waals surface area (Å²) >= 11 is 5.12. The van der Waals surface area contributed by atoms with E-state index in [-0.39, 0.29) is 12.7 Å². The van der Waals surface area contributed by atoms with Crippen LogP contribution in [-0.4, -0.2) is 94.1 Å². The van der Waals surface area contributed by atoms with Gasteiger partial charge in [-0.05, 0) is 79.6 Å². The summed E-state index contributed by atoms with van der Waals surface area (Å²) in [4.78, 5) is 41.4. The van der Waals surface area contributed by atoms with Crippen LogP contribution >= 0.6 is 27.7 Å². The fourth-order valence-electron chi connectivity index (χ4n) is 5.24. The molecule has 0 radical (unpaired) electrons. The van der Waals surface area contributed by atoms with E-state index in [9.17, 15) is 18.0 Å². The molecular formula is C29H41BrN8O8S2. The van der Waals surface area contributed by atoms with Gasteiger partial charge in [-0.3, -0.25) is 14.1 Å². The molecule has 2 atom stereocenters. The lowest BCUT2D eigenvalue weighted by atomic mass is 9.93. The monoisotopic (exact) mass is 772 g/mol. The second kappa shape index (κ2) is 16.9. The van der Waals surface area contributed by atoms with Crippen molar-refractivity contribution in [2.75, 3.05) is 38.4 Å². The molecule has 16 nitrogen and oxygen atoms in total. The van der Waals surface area contributed by atoms with Crippen LogP contribution in [0.15, 0.2) is 33.0 Å². The Morgan fingerprint density at radius 1 is 1.19 bits per heavy atom. The molecule has 7 N–H and O–H groups in total. The van der Waals surface area contributed by atoms with Crippen LogP contribution in [0, 0.1) is 5.92 Å². The lowest BCUT2D eigenvalue weighted by Crippen LogP contribution is -2.46. The number of amides is 1. The zero-order chi connectivity index (χ0) is 35.0. The van der Waals surface area contributed by atoms with E-state index >= 15 is 0 Å². The molecule has 3 aromatic rings. The van der Waals surface area contributed by atoms with Crippen molar-refractivity contribution >= 4 is 66.7 Å². The zero-order valence-electron chi connectivity index (χ0n) is 26.7. The highest BCUT2D eigenvalue weighted by Gasteiger charge is 2.30. The van der Waals surface area contributed by atoms with E-state index in [1.54, 1.807) is 11.8 Å². The normalized spacial score (nSPS) is 15.9. The van der Waals surface area contributed by atoms with Gasteiger partial charge in [0, 0.05) is 29.0 Å². The van der Waals surface area contributed by atoms with Crippen molar-refractivity contribution in [3.05, 3.63) is 22.9 Å². The van der Waals surface area contributed by atoms with Crippen molar-refractivity contribution < 1.29 is 36.8 Å². The summed E-state index contributed by atoms with van der Waals surface area (Å²) in [6.45, 7) is 4.21. The van der Waals surface area contributed by atoms with Crippen molar-refractivity contribution in [3.63, 3.8) is 0 Å². The van der Waals surface area contributed by atoms with E-state index < -0.39 is 28.2 Å². The summed E-state index contributed by atoms with van der Waals surface area (Å²) < 4.78 is 45.2. The number of piperidine rings is 1. The maximum atomic E-state index is 13.0. The van der Waals surface area contributed by atoms with Crippen molar-refractivity contribution in [1.82, 2.24) is 24.4 Å². The van der Waals surface area contributed by atoms with Gasteiger partial charge in [0.25, 0.3) is 16.0 Å². The smallest absolute Gasteiger partial charge is 0.323 e. The highest BCUT2D eigenvalue weighted by molar-refractivity contribution is 9.10. The molecule has 0 spiro atoms. The van der Waals surface area contributed by atoms with Crippen LogP contribution in [-0.2, 0) is 31.0 Å². The Hall–Kier alpha value is -3.23. The molecule has 1 fully saturated rings. The van der Waals surface area contributed by atoms with Crippen LogP contribution in [0.5, 0.6) is 11.5 Å². The van der Waals surface area contributed by atoms with Crippen molar-refractivity contribution in [1.29, 1.82) is 0 Å². The fourth-order valence-corrected chi connectivity index (χ4v) is 6.75. The first-order valence-corrected chi connectivity index (χ1v) is 18.8. The largest absolute Gasteiger partial charge is 0.454 e. The third kappa shape index (κ3) is 10.4. The highest BCUT2D eigenvalue weighted by atomic mass is 79.9. The van der Waals surface area contributed by atoms with Gasteiger partial charge in [-0.15, -0.1) is 0 Å². The number of ether oxygens (including phenoxy) is 3. The van der Waals surface area contributed by atoms with E-state index in [4.69, 9.17) is 40.9 Å². The van der Waals surface area contributed by atoms with E-state index in [2.05, 4.69) is 30.5 Å². The van der Waals surface area contributed by atoms with Crippen LogP contribution in [0.1, 0.15) is 45.4 Å². The molecule has 2 aliphatic heterocycles. The number of hydrogen-bond donors (Lipinski definition) is 4. The average molecular weight is 774 g/mol. The third-order valence-electron chi connectivity index (χ3n) is 7.75. The Morgan fingerprint density at radius 3 is 2.52 bits per heavy atom. The summed E-state index contributed by atoms with van der Waals surface area (Å²) in [6.07, 6.45) is 5.86. The topological polar surface area (TPSA) is 241 Å². The number of halogens is 1. The molecule has 1 aromatic carbocycles. The number of anilines is 1. The number of nitrogen functional groups attached to an aromatic ring is 1. The number of likely N-dealkylation sites (tertiary alicyclic amines) is 1. The van der Waals surface area contributed by atoms with E-state index in [1.165, 1.54) is 18.1 Å². The molecule has 0 aliphatic carbocycles. The minimum absolute atomic E-state index is 0.193. The second-order valence-corrected chi connectivity index (χ2v) is 14.8. The van der Waals surface area contributed by atoms with Gasteiger partial charge >= 0.3 is 5.97 Å². The first-order chi connectivity index (χ1) is 22.7. The first-order valence-electron chi connectivity index (χ1n) is 15.4. The Balaban J connectivity index is 0.000000968. The lowest BCUT2D eigenvalue weighted by Gasteiger charge is -2.33. The predicted octanol–water partition coefficient (Wildman–Crippen LogP) is 2.57. The number of imidazole rings is 1. The number of benzene rings is 1. The molecule has 19 heteroatoms. The number of unbranched alkanes of at least 4 members (excludes halogenated alkanes) is 1. The number of aromatic nitrogens is 4. The Kier molecular flexibility index (Phi) is 13.3. The number of nitrogens with two attached hydrogens (primary N) is 3. The molecule has 2 aliphatic rings. The summed E-state index contributed by atoms with van der Waals surface area (Å²) in [5, 5.41) is 0.742. The molecule has 1 amide bonds. The van der Waals surface area contributed by atoms with Crippen LogP contribution in [0.2, 0.25) is 0 Å². The van der Waals surface area contributed by atoms with Crippen LogP contribution < -0.4 is 26.7 Å². The zero-order valence-corrected chi connectivity index (χ0v) is 29.9. The molecule has 0 unspecified atom stereocenters. The van der Waals surface area contributed by atoms with Gasteiger partial charge < -0.3 is 40.9 Å². The number of carbonyl (C=O) groups excluding carboxylic acids is 2. The molecule has 48 heavy (non-hydrogen) atoms. The predicted molar refractivity (Wildman–Crippen MR) is 182 cm³/mol. The standard InChI is InChI=1S/C28H37BrN8O5S.CH4O3S/c1-16(42-27(39)19(31)4-2-3-8-30)26(38)36-9-5-17(6-10-36)7-11-37-25-23(24(32)33-14-34-25)35-28(37)43-22-13-21-20(12-18(22)29)40-15-41-21;1-5(2,3)4/h12-14,16-17,19H,2-11,15,30-31H2,1H3,(H2,32,33,34);1H3,(H,2,3,4)/t16-,19-;/m0./s1. The molecule has 264 valence electrons. The molecule has 2 aromatic heterocycles. The Bertz CT molecular complexity index is 1690. The summed E-state index contributed by atoms with van der Waals surface area (Å²) in [5.41, 5.74) is 18.8. The second-order valence-electron chi connectivity index (χ2n) is 11.5. The molecule has 1 saturated heterocycles. The average Bonchev–Trinajstić information content (AvgIpc) is 3.63. The van der Waals surface area contributed by atoms with Gasteiger partial charge in [-0.2, -0.15) is 8.42 Å². The van der Waals surface area contributed by atoms with Gasteiger partial charge in [0.05, 0.1) is 6.26 Å². The SMILES string of the molecule is CS(=O)(=O)O.C[C@H](OC(=O)[C@@H](N)CCCCN)C(=O)N1CCC(CCn2c(Sc3cc4c(cc3Br)OCO4)nc3c(N)ncnc32)CC1. The quantitative estimate of drug-likeness (QED) is 0.117. The first kappa shape index (κ1) is 37.6. The Labute approximate surface area is 291 Å². The van der Waals surface area contributed by atoms with Crippen molar-refractivity contribution in [3.8, 4) is 11.5 Å². The maximum Gasteiger partial charge on any atom is 0.323 e. The number of esters is 1. The number of rotatable bonds is 12. The highest BCUT2D eigenvalue weighted by Crippen LogP contribution is 2.43. The molecule has 0 bridgehead atoms. The maximum absolute atomic E-state index is 13.0. The third-order valence-corrected chi connectivity index (χ3v) is 9.72. The van der Waals surface area contributed by atoms with Gasteiger partial charge in [0.15, 0.2) is 39.7 Å².